The molecule has 0 spiro atoms. The van der Waals surface area contributed by atoms with E-state index in [4.69, 9.17) is 0 Å². The summed E-state index contributed by atoms with van der Waals surface area (Å²) in [6.07, 6.45) is 1.66. The molecular weight excluding hydrogens is 262 g/mol. The maximum Gasteiger partial charge on any atom is 0.314 e. The Hall–Kier alpha value is -1.65. The van der Waals surface area contributed by atoms with Crippen molar-refractivity contribution in [1.82, 2.24) is 10.6 Å². The van der Waals surface area contributed by atoms with E-state index < -0.39 is 17.0 Å². The first-order chi connectivity index (χ1) is 9.49. The fourth-order valence-corrected chi connectivity index (χ4v) is 2.64. The van der Waals surface area contributed by atoms with E-state index in [2.05, 4.69) is 10.6 Å². The van der Waals surface area contributed by atoms with Crippen LogP contribution in [0.1, 0.15) is 32.3 Å². The number of rotatable bonds is 5. The summed E-state index contributed by atoms with van der Waals surface area (Å²) in [6, 6.07) is 3.41. The van der Waals surface area contributed by atoms with Crippen LogP contribution in [0.5, 0.6) is 0 Å². The second kappa shape index (κ2) is 5.77. The summed E-state index contributed by atoms with van der Waals surface area (Å²) >= 11 is 0. The molecule has 0 aliphatic heterocycles. The quantitative estimate of drug-likeness (QED) is 0.856. The third kappa shape index (κ3) is 2.92. The van der Waals surface area contributed by atoms with Crippen LogP contribution in [0.3, 0.4) is 0 Å². The van der Waals surface area contributed by atoms with Crippen molar-refractivity contribution in [2.24, 2.45) is 5.92 Å². The number of carbonyl (C=O) groups excluding carboxylic acids is 1. The normalized spacial score (nSPS) is 24.3. The average Bonchev–Trinajstić information content (AvgIpc) is 3.05. The molecule has 1 aliphatic rings. The first kappa shape index (κ1) is 14.8. The molecule has 20 heavy (non-hydrogen) atoms. The third-order valence-corrected chi connectivity index (χ3v) is 4.02. The first-order valence-electron chi connectivity index (χ1n) is 6.97. The van der Waals surface area contributed by atoms with Crippen LogP contribution in [0, 0.1) is 17.6 Å². The van der Waals surface area contributed by atoms with Gasteiger partial charge in [0, 0.05) is 24.6 Å². The lowest BCUT2D eigenvalue weighted by atomic mass is 9.93. The zero-order valence-electron chi connectivity index (χ0n) is 11.8. The van der Waals surface area contributed by atoms with Crippen molar-refractivity contribution < 1.29 is 13.6 Å². The number of hydrogen-bond donors (Lipinski definition) is 2. The van der Waals surface area contributed by atoms with Crippen molar-refractivity contribution in [3.8, 4) is 0 Å². The predicted molar refractivity (Wildman–Crippen MR) is 73.5 cm³/mol. The predicted octanol–water partition coefficient (Wildman–Crippen LogP) is 2.95. The highest BCUT2D eigenvalue weighted by Gasteiger charge is 2.53. The van der Waals surface area contributed by atoms with Gasteiger partial charge in [-0.25, -0.2) is 13.6 Å². The minimum atomic E-state index is -0.580. The fraction of sp³-hybridized carbons (Fsp3) is 0.533. The molecule has 0 heterocycles. The number of urea groups is 1. The Balaban J connectivity index is 2.05. The second-order valence-electron chi connectivity index (χ2n) is 5.49. The lowest BCUT2D eigenvalue weighted by Gasteiger charge is -2.19. The number of amides is 2. The van der Waals surface area contributed by atoms with Gasteiger partial charge in [-0.15, -0.1) is 0 Å². The summed E-state index contributed by atoms with van der Waals surface area (Å²) in [5.41, 5.74) is 0.0867. The molecule has 1 aromatic rings. The Bertz CT molecular complexity index is 507. The Morgan fingerprint density at radius 2 is 2.10 bits per heavy atom. The van der Waals surface area contributed by atoms with Crippen molar-refractivity contribution >= 4 is 6.03 Å². The Labute approximate surface area is 117 Å². The molecule has 2 atom stereocenters. The lowest BCUT2D eigenvalue weighted by molar-refractivity contribution is 0.239. The average molecular weight is 282 g/mol. The number of carbonyl (C=O) groups is 1. The molecule has 1 aromatic carbocycles. The molecule has 5 heteroatoms. The van der Waals surface area contributed by atoms with Gasteiger partial charge < -0.3 is 10.6 Å². The SMILES string of the molecule is CCCNC(=O)NCC1(c2ccc(F)cc2F)CC1C. The largest absolute Gasteiger partial charge is 0.338 e. The number of nitrogens with one attached hydrogen (secondary N) is 2. The van der Waals surface area contributed by atoms with Crippen LogP contribution < -0.4 is 10.6 Å². The molecule has 2 unspecified atom stereocenters. The van der Waals surface area contributed by atoms with Gasteiger partial charge in [0.25, 0.3) is 0 Å². The number of halogens is 2. The Morgan fingerprint density at radius 3 is 2.65 bits per heavy atom. The summed E-state index contributed by atoms with van der Waals surface area (Å²) in [7, 11) is 0. The van der Waals surface area contributed by atoms with Gasteiger partial charge in [0.05, 0.1) is 0 Å². The van der Waals surface area contributed by atoms with E-state index in [0.717, 1.165) is 18.9 Å². The topological polar surface area (TPSA) is 41.1 Å². The van der Waals surface area contributed by atoms with Gasteiger partial charge in [-0.2, -0.15) is 0 Å². The lowest BCUT2D eigenvalue weighted by Crippen LogP contribution is -2.40. The molecular formula is C15H20F2N2O. The van der Waals surface area contributed by atoms with E-state index in [-0.39, 0.29) is 11.9 Å². The van der Waals surface area contributed by atoms with Crippen LogP contribution in [0.4, 0.5) is 13.6 Å². The monoisotopic (exact) mass is 282 g/mol. The zero-order chi connectivity index (χ0) is 14.8. The van der Waals surface area contributed by atoms with Gasteiger partial charge in [-0.3, -0.25) is 0 Å². The van der Waals surface area contributed by atoms with E-state index >= 15 is 0 Å². The van der Waals surface area contributed by atoms with Crippen LogP contribution in [-0.4, -0.2) is 19.1 Å². The summed E-state index contributed by atoms with van der Waals surface area (Å²) in [4.78, 5) is 11.6. The van der Waals surface area contributed by atoms with Crippen molar-refractivity contribution in [3.05, 3.63) is 35.4 Å². The van der Waals surface area contributed by atoms with E-state index in [0.29, 0.717) is 18.7 Å². The van der Waals surface area contributed by atoms with Crippen LogP contribution in [-0.2, 0) is 5.41 Å². The smallest absolute Gasteiger partial charge is 0.314 e. The Morgan fingerprint density at radius 1 is 1.40 bits per heavy atom. The van der Waals surface area contributed by atoms with Gasteiger partial charge in [0.1, 0.15) is 11.6 Å². The molecule has 2 amide bonds. The molecule has 2 rings (SSSR count). The maximum absolute atomic E-state index is 13.9. The van der Waals surface area contributed by atoms with Gasteiger partial charge in [0.15, 0.2) is 0 Å². The molecule has 0 aromatic heterocycles. The second-order valence-corrected chi connectivity index (χ2v) is 5.49. The minimum Gasteiger partial charge on any atom is -0.338 e. The summed E-state index contributed by atoms with van der Waals surface area (Å²) in [5.74, 6) is -0.845. The van der Waals surface area contributed by atoms with Crippen LogP contribution in [0.2, 0.25) is 0 Å². The van der Waals surface area contributed by atoms with Crippen LogP contribution in [0.25, 0.3) is 0 Å². The van der Waals surface area contributed by atoms with E-state index in [1.807, 2.05) is 13.8 Å². The molecule has 1 aliphatic carbocycles. The fourth-order valence-electron chi connectivity index (χ4n) is 2.64. The molecule has 110 valence electrons. The van der Waals surface area contributed by atoms with E-state index in [1.54, 1.807) is 0 Å². The summed E-state index contributed by atoms with van der Waals surface area (Å²) < 4.78 is 26.9. The maximum atomic E-state index is 13.9. The van der Waals surface area contributed by atoms with Gasteiger partial charge in [0.2, 0.25) is 0 Å². The highest BCUT2D eigenvalue weighted by molar-refractivity contribution is 5.74. The highest BCUT2D eigenvalue weighted by atomic mass is 19.1. The number of benzene rings is 1. The summed E-state index contributed by atoms with van der Waals surface area (Å²) in [6.45, 7) is 4.96. The molecule has 0 bridgehead atoms. The van der Waals surface area contributed by atoms with Crippen molar-refractivity contribution in [3.63, 3.8) is 0 Å². The minimum absolute atomic E-state index is 0.243. The number of hydrogen-bond acceptors (Lipinski definition) is 1. The molecule has 0 saturated heterocycles. The van der Waals surface area contributed by atoms with Crippen molar-refractivity contribution in [2.45, 2.75) is 32.1 Å². The molecule has 3 nitrogen and oxygen atoms in total. The van der Waals surface area contributed by atoms with Crippen molar-refractivity contribution in [2.75, 3.05) is 13.1 Å². The Kier molecular flexibility index (Phi) is 4.26. The van der Waals surface area contributed by atoms with Crippen LogP contribution >= 0.6 is 0 Å². The molecule has 0 radical (unpaired) electrons. The van der Waals surface area contributed by atoms with Crippen molar-refractivity contribution in [1.29, 1.82) is 0 Å². The first-order valence-corrected chi connectivity index (χ1v) is 6.97. The third-order valence-electron chi connectivity index (χ3n) is 4.02. The molecule has 2 N–H and O–H groups in total. The van der Waals surface area contributed by atoms with Gasteiger partial charge in [-0.05, 0) is 30.4 Å². The van der Waals surface area contributed by atoms with Gasteiger partial charge in [-0.1, -0.05) is 19.9 Å². The zero-order valence-corrected chi connectivity index (χ0v) is 11.8. The van der Waals surface area contributed by atoms with Crippen LogP contribution in [0.15, 0.2) is 18.2 Å². The summed E-state index contributed by atoms with van der Waals surface area (Å²) in [5, 5.41) is 5.50. The highest BCUT2D eigenvalue weighted by Crippen LogP contribution is 2.54. The van der Waals surface area contributed by atoms with E-state index in [9.17, 15) is 13.6 Å². The van der Waals surface area contributed by atoms with Gasteiger partial charge >= 0.3 is 6.03 Å². The molecule has 1 saturated carbocycles. The molecule has 1 fully saturated rings. The standard InChI is InChI=1S/C15H20F2N2O/c1-3-6-18-14(20)19-9-15(8-10(15)2)12-5-4-11(16)7-13(12)17/h4-5,7,10H,3,6,8-9H2,1-2H3,(H2,18,19,20). The van der Waals surface area contributed by atoms with E-state index in [1.165, 1.54) is 12.1 Å².